The lowest BCUT2D eigenvalue weighted by molar-refractivity contribution is 0.223. The molecule has 2 heterocycles. The van der Waals surface area contributed by atoms with E-state index in [0.717, 1.165) is 68.8 Å². The van der Waals surface area contributed by atoms with Crippen LogP contribution < -0.4 is 4.72 Å². The van der Waals surface area contributed by atoms with Gasteiger partial charge in [-0.1, -0.05) is 61.5 Å². The number of hydrogen-bond acceptors (Lipinski definition) is 5. The van der Waals surface area contributed by atoms with Crippen LogP contribution in [0.5, 0.6) is 0 Å². The Morgan fingerprint density at radius 2 is 1.60 bits per heavy atom. The summed E-state index contributed by atoms with van der Waals surface area (Å²) in [4.78, 5) is 23.4. The number of carbonyl (C=O) groups excluding carboxylic acids is 1. The number of carbonyl (C=O) groups is 1. The molecule has 2 amide bonds. The van der Waals surface area contributed by atoms with Crippen LogP contribution in [0.3, 0.4) is 0 Å². The Morgan fingerprint density at radius 1 is 0.889 bits per heavy atom. The summed E-state index contributed by atoms with van der Waals surface area (Å²) in [5.74, 6) is 1.93. The Kier molecular flexibility index (Phi) is 7.92. The van der Waals surface area contributed by atoms with E-state index in [1.807, 2.05) is 49.5 Å². The number of benzene rings is 4. The van der Waals surface area contributed by atoms with E-state index in [1.54, 1.807) is 18.2 Å². The molecule has 6 rings (SSSR count). The summed E-state index contributed by atoms with van der Waals surface area (Å²) in [6, 6.07) is 26.4. The highest BCUT2D eigenvalue weighted by Gasteiger charge is 2.23. The van der Waals surface area contributed by atoms with Gasteiger partial charge in [-0.05, 0) is 60.4 Å². The molecule has 230 valence electrons. The van der Waals surface area contributed by atoms with Crippen LogP contribution in [0.2, 0.25) is 0 Å². The Balaban J connectivity index is 1.37. The molecule has 6 aromatic rings. The largest absolute Gasteiger partial charge is 0.330 e. The van der Waals surface area contributed by atoms with Crippen molar-refractivity contribution in [1.82, 2.24) is 28.7 Å². The third kappa shape index (κ3) is 5.69. The highest BCUT2D eigenvalue weighted by atomic mass is 32.2. The van der Waals surface area contributed by atoms with Crippen molar-refractivity contribution in [3.8, 4) is 22.5 Å². The number of fused-ring (bicyclic) bond motifs is 2. The van der Waals surface area contributed by atoms with Crippen molar-refractivity contribution in [2.45, 2.75) is 38.1 Å². The van der Waals surface area contributed by atoms with Crippen LogP contribution in [0.4, 0.5) is 4.79 Å². The number of nitrogens with zero attached hydrogens (tertiary/aromatic N) is 5. The smallest absolute Gasteiger partial charge is 0.330 e. The first-order valence-electron chi connectivity index (χ1n) is 14.9. The van der Waals surface area contributed by atoms with Crippen LogP contribution in [0, 0.1) is 6.92 Å². The minimum Gasteiger partial charge on any atom is -0.330 e. The fourth-order valence-corrected chi connectivity index (χ4v) is 6.99. The molecule has 0 aliphatic rings. The molecule has 0 fully saturated rings. The maximum atomic E-state index is 13.1. The lowest BCUT2D eigenvalue weighted by Crippen LogP contribution is -2.38. The molecule has 10 heteroatoms. The fourth-order valence-electron chi connectivity index (χ4n) is 5.74. The number of sulfonamides is 1. The van der Waals surface area contributed by atoms with E-state index in [0.29, 0.717) is 12.1 Å². The zero-order chi connectivity index (χ0) is 31.9. The lowest BCUT2D eigenvalue weighted by atomic mass is 10.0. The fraction of sp³-hybridized carbons (Fsp3) is 0.229. The van der Waals surface area contributed by atoms with Crippen molar-refractivity contribution < 1.29 is 13.2 Å². The van der Waals surface area contributed by atoms with Gasteiger partial charge in [-0.2, -0.15) is 0 Å². The zero-order valence-corrected chi connectivity index (χ0v) is 26.9. The van der Waals surface area contributed by atoms with E-state index < -0.39 is 16.1 Å². The van der Waals surface area contributed by atoms with Gasteiger partial charge in [0.1, 0.15) is 11.6 Å². The molecule has 0 spiro atoms. The van der Waals surface area contributed by atoms with E-state index in [1.165, 1.54) is 25.1 Å². The average molecular weight is 621 g/mol. The summed E-state index contributed by atoms with van der Waals surface area (Å²) < 4.78 is 32.7. The van der Waals surface area contributed by atoms with Crippen LogP contribution in [-0.2, 0) is 30.0 Å². The van der Waals surface area contributed by atoms with Gasteiger partial charge < -0.3 is 14.0 Å². The Labute approximate surface area is 263 Å². The molecule has 0 aliphatic heterocycles. The summed E-state index contributed by atoms with van der Waals surface area (Å²) in [6.45, 7) is 4.86. The van der Waals surface area contributed by atoms with Crippen molar-refractivity contribution in [3.63, 3.8) is 0 Å². The van der Waals surface area contributed by atoms with E-state index >= 15 is 0 Å². The predicted octanol–water partition coefficient (Wildman–Crippen LogP) is 6.53. The van der Waals surface area contributed by atoms with Crippen LogP contribution in [-0.4, -0.2) is 52.5 Å². The number of amides is 2. The molecule has 2 aromatic heterocycles. The summed E-state index contributed by atoms with van der Waals surface area (Å²) in [5, 5.41) is 0. The van der Waals surface area contributed by atoms with E-state index in [9.17, 15) is 13.2 Å². The first-order chi connectivity index (χ1) is 21.6. The quantitative estimate of drug-likeness (QED) is 0.209. The molecule has 0 bridgehead atoms. The number of nitrogens with one attached hydrogen (secondary N) is 1. The summed E-state index contributed by atoms with van der Waals surface area (Å²) in [5.41, 5.74) is 8.53. The SMILES string of the molecule is CCCc1nc2c(C)cc(-c3nc4ccccc4n3C)cc2n1Cc1ccc(-c2ccccc2S(=O)(=O)NC(=O)N(C)C)cc1. The predicted molar refractivity (Wildman–Crippen MR) is 179 cm³/mol. The molecule has 0 atom stereocenters. The van der Waals surface area contributed by atoms with Crippen molar-refractivity contribution in [1.29, 1.82) is 0 Å². The monoisotopic (exact) mass is 620 g/mol. The number of hydrogen-bond donors (Lipinski definition) is 1. The van der Waals surface area contributed by atoms with Gasteiger partial charge in [0.25, 0.3) is 10.0 Å². The molecular formula is C35H36N6O3S. The van der Waals surface area contributed by atoms with E-state index in [-0.39, 0.29) is 4.90 Å². The molecule has 9 nitrogen and oxygen atoms in total. The van der Waals surface area contributed by atoms with E-state index in [4.69, 9.17) is 9.97 Å². The second kappa shape index (κ2) is 11.9. The number of rotatable bonds is 8. The van der Waals surface area contributed by atoms with Crippen molar-refractivity contribution >= 4 is 38.1 Å². The maximum absolute atomic E-state index is 13.1. The minimum absolute atomic E-state index is 0.0451. The van der Waals surface area contributed by atoms with Gasteiger partial charge in [0.05, 0.1) is 27.0 Å². The third-order valence-electron chi connectivity index (χ3n) is 8.05. The van der Waals surface area contributed by atoms with Crippen LogP contribution in [0.1, 0.15) is 30.3 Å². The summed E-state index contributed by atoms with van der Waals surface area (Å²) in [7, 11) is 0.960. The molecule has 0 aliphatic carbocycles. The first-order valence-corrected chi connectivity index (χ1v) is 16.4. The maximum Gasteiger partial charge on any atom is 0.330 e. The average Bonchev–Trinajstić information content (AvgIpc) is 3.55. The number of aryl methyl sites for hydroxylation is 3. The molecule has 1 N–H and O–H groups in total. The zero-order valence-electron chi connectivity index (χ0n) is 26.1. The molecule has 0 radical (unpaired) electrons. The molecule has 0 saturated heterocycles. The second-order valence-corrected chi connectivity index (χ2v) is 13.2. The van der Waals surface area contributed by atoms with Crippen molar-refractivity contribution in [2.75, 3.05) is 14.1 Å². The summed E-state index contributed by atoms with van der Waals surface area (Å²) >= 11 is 0. The number of para-hydroxylation sites is 2. The lowest BCUT2D eigenvalue weighted by Gasteiger charge is -2.15. The van der Waals surface area contributed by atoms with Gasteiger partial charge in [0, 0.05) is 45.2 Å². The van der Waals surface area contributed by atoms with Gasteiger partial charge in [0.2, 0.25) is 0 Å². The molecule has 0 saturated carbocycles. The van der Waals surface area contributed by atoms with Gasteiger partial charge in [0.15, 0.2) is 0 Å². The Bertz CT molecular complexity index is 2160. The molecular weight excluding hydrogens is 584 g/mol. The molecule has 4 aromatic carbocycles. The van der Waals surface area contributed by atoms with Crippen LogP contribution >= 0.6 is 0 Å². The highest BCUT2D eigenvalue weighted by molar-refractivity contribution is 7.90. The molecule has 0 unspecified atom stereocenters. The van der Waals surface area contributed by atoms with E-state index in [2.05, 4.69) is 45.9 Å². The Hall–Kier alpha value is -4.96. The van der Waals surface area contributed by atoms with Crippen molar-refractivity contribution in [3.05, 3.63) is 102 Å². The second-order valence-electron chi connectivity index (χ2n) is 11.5. The van der Waals surface area contributed by atoms with Gasteiger partial charge in [-0.15, -0.1) is 0 Å². The topological polar surface area (TPSA) is 102 Å². The number of aromatic nitrogens is 4. The number of urea groups is 1. The first kappa shape index (κ1) is 30.1. The van der Waals surface area contributed by atoms with Crippen LogP contribution in [0.15, 0.2) is 89.8 Å². The highest BCUT2D eigenvalue weighted by Crippen LogP contribution is 2.32. The van der Waals surface area contributed by atoms with Gasteiger partial charge in [-0.3, -0.25) is 0 Å². The van der Waals surface area contributed by atoms with Crippen molar-refractivity contribution in [2.24, 2.45) is 7.05 Å². The minimum atomic E-state index is -4.07. The third-order valence-corrected chi connectivity index (χ3v) is 9.43. The van der Waals surface area contributed by atoms with Crippen LogP contribution in [0.25, 0.3) is 44.6 Å². The normalized spacial score (nSPS) is 11.8. The standard InChI is InChI=1S/C35H36N6O3S/c1-6-11-32-37-33-23(2)20-26(34-36-28-13-8-9-14-29(28)40(34)5)21-30(33)41(32)22-24-16-18-25(19-17-24)27-12-7-10-15-31(27)45(43,44)38-35(42)39(3)4/h7-10,12-21H,6,11,22H2,1-5H3,(H,38,42). The number of imidazole rings is 2. The molecule has 45 heavy (non-hydrogen) atoms. The summed E-state index contributed by atoms with van der Waals surface area (Å²) in [6.07, 6.45) is 1.81. The van der Waals surface area contributed by atoms with Gasteiger partial charge in [-0.25, -0.2) is 27.9 Å². The Morgan fingerprint density at radius 3 is 2.31 bits per heavy atom. The van der Waals surface area contributed by atoms with Gasteiger partial charge >= 0.3 is 6.03 Å².